The summed E-state index contributed by atoms with van der Waals surface area (Å²) in [6, 6.07) is 3.25. The standard InChI is InChI=1S/C8H6F3N3/c9-8(10,11)5-1-2-7-6(3-5)13-4-14(7)12/h1-4H,12H2. The number of hydrogen-bond donors (Lipinski definition) is 1. The van der Waals surface area contributed by atoms with E-state index in [1.807, 2.05) is 0 Å². The highest BCUT2D eigenvalue weighted by molar-refractivity contribution is 5.76. The first-order valence-corrected chi connectivity index (χ1v) is 3.78. The van der Waals surface area contributed by atoms with Crippen LogP contribution in [0.15, 0.2) is 24.5 Å². The lowest BCUT2D eigenvalue weighted by Crippen LogP contribution is -2.06. The molecule has 1 aromatic carbocycles. The second-order valence-electron chi connectivity index (χ2n) is 2.85. The van der Waals surface area contributed by atoms with Crippen molar-refractivity contribution in [2.24, 2.45) is 0 Å². The van der Waals surface area contributed by atoms with E-state index in [2.05, 4.69) is 4.98 Å². The molecule has 0 saturated heterocycles. The summed E-state index contributed by atoms with van der Waals surface area (Å²) in [5.41, 5.74) is -0.0102. The van der Waals surface area contributed by atoms with Crippen LogP contribution in [0.25, 0.3) is 11.0 Å². The van der Waals surface area contributed by atoms with E-state index in [1.54, 1.807) is 0 Å². The first kappa shape index (κ1) is 8.86. The quantitative estimate of drug-likeness (QED) is 0.660. The summed E-state index contributed by atoms with van der Waals surface area (Å²) < 4.78 is 37.9. The average Bonchev–Trinajstić information content (AvgIpc) is 2.46. The van der Waals surface area contributed by atoms with Gasteiger partial charge in [0.15, 0.2) is 0 Å². The van der Waals surface area contributed by atoms with Crippen LogP contribution in [0.1, 0.15) is 5.56 Å². The van der Waals surface area contributed by atoms with Crippen molar-refractivity contribution in [2.75, 3.05) is 5.84 Å². The largest absolute Gasteiger partial charge is 0.416 e. The first-order chi connectivity index (χ1) is 6.48. The summed E-state index contributed by atoms with van der Waals surface area (Å²) in [4.78, 5) is 3.73. The van der Waals surface area contributed by atoms with Crippen LogP contribution in [0.5, 0.6) is 0 Å². The van der Waals surface area contributed by atoms with Gasteiger partial charge in [-0.2, -0.15) is 13.2 Å². The monoisotopic (exact) mass is 201 g/mol. The lowest BCUT2D eigenvalue weighted by Gasteiger charge is -2.05. The fourth-order valence-electron chi connectivity index (χ4n) is 1.21. The van der Waals surface area contributed by atoms with E-state index in [9.17, 15) is 13.2 Å². The minimum atomic E-state index is -4.34. The zero-order chi connectivity index (χ0) is 10.3. The number of nitrogens with zero attached hydrogens (tertiary/aromatic N) is 2. The molecule has 0 aliphatic heterocycles. The van der Waals surface area contributed by atoms with Crippen LogP contribution in [0, 0.1) is 0 Å². The number of halogens is 3. The highest BCUT2D eigenvalue weighted by Crippen LogP contribution is 2.30. The predicted octanol–water partition coefficient (Wildman–Crippen LogP) is 1.77. The molecule has 1 aromatic heterocycles. The molecule has 0 spiro atoms. The van der Waals surface area contributed by atoms with Crippen LogP contribution >= 0.6 is 0 Å². The Morgan fingerprint density at radius 1 is 1.29 bits per heavy atom. The van der Waals surface area contributed by atoms with Gasteiger partial charge in [0, 0.05) is 0 Å². The van der Waals surface area contributed by atoms with Crippen molar-refractivity contribution in [1.82, 2.24) is 9.66 Å². The molecule has 0 aliphatic carbocycles. The molecule has 6 heteroatoms. The molecular formula is C8H6F3N3. The van der Waals surface area contributed by atoms with Crippen LogP contribution in [0.2, 0.25) is 0 Å². The molecule has 0 fully saturated rings. The molecule has 0 radical (unpaired) electrons. The maximum absolute atomic E-state index is 12.3. The van der Waals surface area contributed by atoms with Crippen molar-refractivity contribution in [3.63, 3.8) is 0 Å². The van der Waals surface area contributed by atoms with E-state index < -0.39 is 11.7 Å². The molecular weight excluding hydrogens is 195 g/mol. The molecule has 2 N–H and O–H groups in total. The van der Waals surface area contributed by atoms with Gasteiger partial charge < -0.3 is 5.84 Å². The van der Waals surface area contributed by atoms with Crippen molar-refractivity contribution in [2.45, 2.75) is 6.18 Å². The zero-order valence-electron chi connectivity index (χ0n) is 6.92. The van der Waals surface area contributed by atoms with Crippen molar-refractivity contribution >= 4 is 11.0 Å². The molecule has 2 rings (SSSR count). The van der Waals surface area contributed by atoms with Crippen LogP contribution in [0.3, 0.4) is 0 Å². The summed E-state index contributed by atoms with van der Waals surface area (Å²) in [5, 5.41) is 0. The van der Waals surface area contributed by atoms with Crippen LogP contribution in [0.4, 0.5) is 13.2 Å². The maximum atomic E-state index is 12.3. The minimum Gasteiger partial charge on any atom is -0.338 e. The van der Waals surface area contributed by atoms with Gasteiger partial charge in [-0.05, 0) is 18.2 Å². The summed E-state index contributed by atoms with van der Waals surface area (Å²) in [5.74, 6) is 5.41. The molecule has 0 atom stereocenters. The second kappa shape index (κ2) is 2.63. The lowest BCUT2D eigenvalue weighted by atomic mass is 10.2. The second-order valence-corrected chi connectivity index (χ2v) is 2.85. The molecule has 0 saturated carbocycles. The maximum Gasteiger partial charge on any atom is 0.416 e. The molecule has 1 heterocycles. The Balaban J connectivity index is 2.63. The normalized spacial score (nSPS) is 12.2. The van der Waals surface area contributed by atoms with Gasteiger partial charge in [0.05, 0.1) is 16.6 Å². The molecule has 0 bridgehead atoms. The summed E-state index contributed by atoms with van der Waals surface area (Å²) in [6.07, 6.45) is -3.07. The van der Waals surface area contributed by atoms with E-state index in [0.29, 0.717) is 5.52 Å². The van der Waals surface area contributed by atoms with Crippen LogP contribution < -0.4 is 5.84 Å². The van der Waals surface area contributed by atoms with Gasteiger partial charge in [-0.3, -0.25) is 0 Å². The summed E-state index contributed by atoms with van der Waals surface area (Å²) >= 11 is 0. The van der Waals surface area contributed by atoms with Gasteiger partial charge in [0.2, 0.25) is 0 Å². The van der Waals surface area contributed by atoms with E-state index in [1.165, 1.54) is 17.1 Å². The zero-order valence-corrected chi connectivity index (χ0v) is 6.92. The number of hydrogen-bond acceptors (Lipinski definition) is 2. The van der Waals surface area contributed by atoms with Gasteiger partial charge >= 0.3 is 6.18 Å². The molecule has 0 aliphatic rings. The Hall–Kier alpha value is -1.72. The van der Waals surface area contributed by atoms with E-state index >= 15 is 0 Å². The van der Waals surface area contributed by atoms with E-state index in [0.717, 1.165) is 12.1 Å². The Morgan fingerprint density at radius 3 is 2.64 bits per heavy atom. The third-order valence-electron chi connectivity index (χ3n) is 1.90. The molecule has 0 amide bonds. The third-order valence-corrected chi connectivity index (χ3v) is 1.90. The van der Waals surface area contributed by atoms with Gasteiger partial charge in [-0.15, -0.1) is 0 Å². The van der Waals surface area contributed by atoms with E-state index in [-0.39, 0.29) is 5.52 Å². The smallest absolute Gasteiger partial charge is 0.338 e. The topological polar surface area (TPSA) is 43.8 Å². The fraction of sp³-hybridized carbons (Fsp3) is 0.125. The van der Waals surface area contributed by atoms with Gasteiger partial charge in [0.25, 0.3) is 0 Å². The highest BCUT2D eigenvalue weighted by Gasteiger charge is 2.30. The number of rotatable bonds is 0. The minimum absolute atomic E-state index is 0.238. The molecule has 74 valence electrons. The highest BCUT2D eigenvalue weighted by atomic mass is 19.4. The van der Waals surface area contributed by atoms with Crippen molar-refractivity contribution in [3.05, 3.63) is 30.1 Å². The number of nitrogens with two attached hydrogens (primary N) is 1. The number of aromatic nitrogens is 2. The van der Waals surface area contributed by atoms with Crippen molar-refractivity contribution in [1.29, 1.82) is 0 Å². The molecule has 3 nitrogen and oxygen atoms in total. The summed E-state index contributed by atoms with van der Waals surface area (Å²) in [7, 11) is 0. The van der Waals surface area contributed by atoms with Crippen LogP contribution in [-0.2, 0) is 6.18 Å². The predicted molar refractivity (Wildman–Crippen MR) is 44.9 cm³/mol. The lowest BCUT2D eigenvalue weighted by molar-refractivity contribution is -0.137. The van der Waals surface area contributed by atoms with Crippen molar-refractivity contribution < 1.29 is 13.2 Å². The van der Waals surface area contributed by atoms with Gasteiger partial charge in [-0.25, -0.2) is 9.66 Å². The summed E-state index contributed by atoms with van der Waals surface area (Å²) in [6.45, 7) is 0. The van der Waals surface area contributed by atoms with E-state index in [4.69, 9.17) is 5.84 Å². The number of nitrogen functional groups attached to an aromatic ring is 1. The Morgan fingerprint density at radius 2 is 2.00 bits per heavy atom. The third kappa shape index (κ3) is 1.28. The fourth-order valence-corrected chi connectivity index (χ4v) is 1.21. The SMILES string of the molecule is Nn1cnc2cc(C(F)(F)F)ccc21. The Labute approximate surface area is 76.9 Å². The molecule has 0 unspecified atom stereocenters. The van der Waals surface area contributed by atoms with Crippen LogP contribution in [-0.4, -0.2) is 9.66 Å². The molecule has 2 aromatic rings. The number of fused-ring (bicyclic) bond motifs is 1. The van der Waals surface area contributed by atoms with Gasteiger partial charge in [0.1, 0.15) is 6.33 Å². The number of benzene rings is 1. The first-order valence-electron chi connectivity index (χ1n) is 3.78. The number of alkyl halides is 3. The Kier molecular flexibility index (Phi) is 1.67. The number of imidazole rings is 1. The Bertz CT molecular complexity index is 472. The average molecular weight is 201 g/mol. The molecule has 14 heavy (non-hydrogen) atoms. The van der Waals surface area contributed by atoms with Gasteiger partial charge in [-0.1, -0.05) is 0 Å². The van der Waals surface area contributed by atoms with Crippen molar-refractivity contribution in [3.8, 4) is 0 Å².